The van der Waals surface area contributed by atoms with Gasteiger partial charge < -0.3 is 5.32 Å². The molecule has 1 saturated carbocycles. The van der Waals surface area contributed by atoms with E-state index in [1.165, 1.54) is 39.0 Å². The fourth-order valence-corrected chi connectivity index (χ4v) is 3.75. The van der Waals surface area contributed by atoms with Crippen LogP contribution in [-0.4, -0.2) is 31.1 Å². The molecule has 1 aromatic heterocycles. The molecule has 8 heteroatoms. The van der Waals surface area contributed by atoms with Gasteiger partial charge in [-0.05, 0) is 19.3 Å². The van der Waals surface area contributed by atoms with Crippen LogP contribution in [-0.2, 0) is 10.0 Å². The van der Waals surface area contributed by atoms with Gasteiger partial charge in [-0.25, -0.2) is 13.6 Å². The van der Waals surface area contributed by atoms with Crippen molar-refractivity contribution in [2.24, 2.45) is 11.1 Å². The standard InChI is InChI=1S/C13H22N4O3S/c1-9-12(21(14,19)20)11(17-16-9)13(18)15-8-7-10-5-3-2-4-6-10/h10H,2-8H2,1H3,(H,15,18)(H,16,17)(H2,14,19,20). The molecule has 4 N–H and O–H groups in total. The normalized spacial score (nSPS) is 16.9. The Kier molecular flexibility index (Phi) is 5.00. The average Bonchev–Trinajstić information content (AvgIpc) is 2.82. The lowest BCUT2D eigenvalue weighted by molar-refractivity contribution is 0.0942. The van der Waals surface area contributed by atoms with Gasteiger partial charge in [-0.15, -0.1) is 0 Å². The predicted octanol–water partition coefficient (Wildman–Crippen LogP) is 1.07. The second-order valence-electron chi connectivity index (χ2n) is 5.62. The van der Waals surface area contributed by atoms with E-state index in [1.807, 2.05) is 0 Å². The van der Waals surface area contributed by atoms with Crippen LogP contribution in [0.1, 0.15) is 54.7 Å². The number of nitrogens with one attached hydrogen (secondary N) is 2. The van der Waals surface area contributed by atoms with Crippen LogP contribution in [0.25, 0.3) is 0 Å². The summed E-state index contributed by atoms with van der Waals surface area (Å²) in [5, 5.41) is 14.1. The first-order valence-electron chi connectivity index (χ1n) is 7.25. The van der Waals surface area contributed by atoms with Crippen LogP contribution in [0.3, 0.4) is 0 Å². The van der Waals surface area contributed by atoms with Crippen LogP contribution in [0.15, 0.2) is 4.90 Å². The van der Waals surface area contributed by atoms with E-state index in [0.717, 1.165) is 6.42 Å². The van der Waals surface area contributed by atoms with Gasteiger partial charge in [0.05, 0.1) is 5.69 Å². The monoisotopic (exact) mass is 314 g/mol. The van der Waals surface area contributed by atoms with Crippen molar-refractivity contribution in [1.29, 1.82) is 0 Å². The Bertz CT molecular complexity index is 603. The maximum atomic E-state index is 12.1. The molecule has 0 bridgehead atoms. The topological polar surface area (TPSA) is 118 Å². The summed E-state index contributed by atoms with van der Waals surface area (Å²) >= 11 is 0. The van der Waals surface area contributed by atoms with E-state index < -0.39 is 15.9 Å². The van der Waals surface area contributed by atoms with Crippen LogP contribution < -0.4 is 10.5 Å². The van der Waals surface area contributed by atoms with Crippen molar-refractivity contribution in [2.45, 2.75) is 50.3 Å². The molecule has 1 heterocycles. The van der Waals surface area contributed by atoms with Gasteiger partial charge in [-0.1, -0.05) is 32.1 Å². The summed E-state index contributed by atoms with van der Waals surface area (Å²) in [6.07, 6.45) is 7.14. The molecular formula is C13H22N4O3S. The molecule has 2 rings (SSSR count). The number of nitrogens with zero attached hydrogens (tertiary/aromatic N) is 1. The highest BCUT2D eigenvalue weighted by atomic mass is 32.2. The second-order valence-corrected chi connectivity index (χ2v) is 7.12. The highest BCUT2D eigenvalue weighted by Gasteiger charge is 2.25. The summed E-state index contributed by atoms with van der Waals surface area (Å²) in [6, 6.07) is 0. The number of sulfonamides is 1. The van der Waals surface area contributed by atoms with Gasteiger partial charge in [0.1, 0.15) is 4.90 Å². The van der Waals surface area contributed by atoms with Crippen LogP contribution in [0.4, 0.5) is 0 Å². The maximum Gasteiger partial charge on any atom is 0.273 e. The van der Waals surface area contributed by atoms with Crippen LogP contribution in [0.5, 0.6) is 0 Å². The van der Waals surface area contributed by atoms with Crippen LogP contribution >= 0.6 is 0 Å². The van der Waals surface area contributed by atoms with E-state index >= 15 is 0 Å². The summed E-state index contributed by atoms with van der Waals surface area (Å²) < 4.78 is 23.0. The van der Waals surface area contributed by atoms with E-state index in [1.54, 1.807) is 0 Å². The first-order valence-corrected chi connectivity index (χ1v) is 8.80. The van der Waals surface area contributed by atoms with Crippen molar-refractivity contribution in [2.75, 3.05) is 6.54 Å². The van der Waals surface area contributed by atoms with Crippen LogP contribution in [0.2, 0.25) is 0 Å². The van der Waals surface area contributed by atoms with Gasteiger partial charge in [-0.3, -0.25) is 9.89 Å². The number of amides is 1. The molecule has 1 aromatic rings. The Hall–Kier alpha value is -1.41. The van der Waals surface area contributed by atoms with E-state index in [9.17, 15) is 13.2 Å². The molecular weight excluding hydrogens is 292 g/mol. The van der Waals surface area contributed by atoms with Crippen molar-refractivity contribution in [3.05, 3.63) is 11.4 Å². The molecule has 118 valence electrons. The minimum Gasteiger partial charge on any atom is -0.351 e. The third kappa shape index (κ3) is 4.04. The molecule has 0 aliphatic heterocycles. The Labute approximate surface area is 124 Å². The van der Waals surface area contributed by atoms with E-state index in [4.69, 9.17) is 5.14 Å². The quantitative estimate of drug-likeness (QED) is 0.753. The molecule has 0 radical (unpaired) electrons. The number of carbonyl (C=O) groups is 1. The average molecular weight is 314 g/mol. The SMILES string of the molecule is Cc1[nH]nc(C(=O)NCCC2CCCCC2)c1S(N)(=O)=O. The molecule has 21 heavy (non-hydrogen) atoms. The molecule has 1 aliphatic carbocycles. The highest BCUT2D eigenvalue weighted by molar-refractivity contribution is 7.89. The number of aromatic nitrogens is 2. The lowest BCUT2D eigenvalue weighted by Crippen LogP contribution is -2.29. The Morgan fingerprint density at radius 2 is 2.05 bits per heavy atom. The Morgan fingerprint density at radius 3 is 2.67 bits per heavy atom. The van der Waals surface area contributed by atoms with Crippen molar-refractivity contribution in [1.82, 2.24) is 15.5 Å². The van der Waals surface area contributed by atoms with Gasteiger partial charge in [0.25, 0.3) is 5.91 Å². The first-order chi connectivity index (χ1) is 9.89. The first kappa shape index (κ1) is 16.0. The third-order valence-corrected chi connectivity index (χ3v) is 5.02. The van der Waals surface area contributed by atoms with Crippen molar-refractivity contribution in [3.8, 4) is 0 Å². The van der Waals surface area contributed by atoms with E-state index in [0.29, 0.717) is 12.5 Å². The number of aromatic amines is 1. The number of nitrogens with two attached hydrogens (primary N) is 1. The second kappa shape index (κ2) is 6.57. The number of primary sulfonamides is 1. The van der Waals surface area contributed by atoms with Gasteiger partial charge in [0.15, 0.2) is 5.69 Å². The predicted molar refractivity (Wildman–Crippen MR) is 78.2 cm³/mol. The zero-order valence-corrected chi connectivity index (χ0v) is 13.0. The minimum atomic E-state index is -3.97. The Balaban J connectivity index is 1.95. The molecule has 1 fully saturated rings. The van der Waals surface area contributed by atoms with E-state index in [2.05, 4.69) is 15.5 Å². The molecule has 0 unspecified atom stereocenters. The van der Waals surface area contributed by atoms with Gasteiger partial charge >= 0.3 is 0 Å². The highest BCUT2D eigenvalue weighted by Crippen LogP contribution is 2.25. The number of aryl methyl sites for hydroxylation is 1. The van der Waals surface area contributed by atoms with Crippen molar-refractivity contribution >= 4 is 15.9 Å². The number of rotatable bonds is 5. The molecule has 1 aliphatic rings. The molecule has 0 spiro atoms. The van der Waals surface area contributed by atoms with Crippen molar-refractivity contribution < 1.29 is 13.2 Å². The fraction of sp³-hybridized carbons (Fsp3) is 0.692. The zero-order chi connectivity index (χ0) is 15.5. The number of hydrogen-bond donors (Lipinski definition) is 3. The molecule has 0 saturated heterocycles. The summed E-state index contributed by atoms with van der Waals surface area (Å²) in [6.45, 7) is 2.05. The van der Waals surface area contributed by atoms with Gasteiger partial charge in [0.2, 0.25) is 10.0 Å². The summed E-state index contributed by atoms with van der Waals surface area (Å²) in [7, 11) is -3.97. The molecule has 7 nitrogen and oxygen atoms in total. The Morgan fingerprint density at radius 1 is 1.38 bits per heavy atom. The lowest BCUT2D eigenvalue weighted by Gasteiger charge is -2.21. The molecule has 1 amide bonds. The third-order valence-electron chi connectivity index (χ3n) is 3.95. The number of H-pyrrole nitrogens is 1. The summed E-state index contributed by atoms with van der Waals surface area (Å²) in [5.41, 5.74) is 0.119. The smallest absolute Gasteiger partial charge is 0.273 e. The molecule has 0 aromatic carbocycles. The van der Waals surface area contributed by atoms with Gasteiger partial charge in [0, 0.05) is 6.54 Å². The summed E-state index contributed by atoms with van der Waals surface area (Å²) in [5.74, 6) is 0.150. The number of carbonyl (C=O) groups excluding carboxylic acids is 1. The lowest BCUT2D eigenvalue weighted by atomic mass is 9.87. The maximum absolute atomic E-state index is 12.1. The zero-order valence-electron chi connectivity index (χ0n) is 12.2. The van der Waals surface area contributed by atoms with Crippen LogP contribution in [0, 0.1) is 12.8 Å². The largest absolute Gasteiger partial charge is 0.351 e. The minimum absolute atomic E-state index is 0.154. The number of hydrogen-bond acceptors (Lipinski definition) is 4. The van der Waals surface area contributed by atoms with Gasteiger partial charge in [-0.2, -0.15) is 5.10 Å². The van der Waals surface area contributed by atoms with E-state index in [-0.39, 0.29) is 16.3 Å². The fourth-order valence-electron chi connectivity index (χ4n) is 2.87. The van der Waals surface area contributed by atoms with Crippen molar-refractivity contribution in [3.63, 3.8) is 0 Å². The summed E-state index contributed by atoms with van der Waals surface area (Å²) in [4.78, 5) is 11.8. The molecule has 0 atom stereocenters.